The maximum absolute atomic E-state index is 2.86. The van der Waals surface area contributed by atoms with Gasteiger partial charge < -0.3 is 13.7 Å². The summed E-state index contributed by atoms with van der Waals surface area (Å²) in [6.45, 7) is 50.9. The van der Waals surface area contributed by atoms with Crippen LogP contribution in [0.1, 0.15) is 184 Å². The van der Waals surface area contributed by atoms with Gasteiger partial charge in [0.15, 0.2) is 0 Å². The second-order valence-electron chi connectivity index (χ2n) is 31.2. The fourth-order valence-electron chi connectivity index (χ4n) is 14.6. The molecule has 0 amide bonds. The SMILES string of the molecule is CC(C)(C)c1cc2c3c(c1)c1ccc(C(C)(C)C)cc1n3-c1c3c4c5c(c1C(C)(C)C)-n1c6cc(C(C)(C)C)ccc6c6cc(C(C)(C)C)cc(c61)B5c1cc(C(C)(C)C)cc5c6cc(C(C)(C)C)cc(c6n-4c15)B32. The minimum atomic E-state index is -0.283. The summed E-state index contributed by atoms with van der Waals surface area (Å²) in [4.78, 5) is 0. The van der Waals surface area contributed by atoms with Crippen LogP contribution in [0.15, 0.2) is 84.9 Å². The lowest BCUT2D eigenvalue weighted by Crippen LogP contribution is -2.67. The van der Waals surface area contributed by atoms with Crippen LogP contribution in [-0.2, 0) is 37.9 Å². The number of rotatable bonds is 0. The smallest absolute Gasteiger partial charge is 0.252 e. The third kappa shape index (κ3) is 6.03. The molecule has 75 heavy (non-hydrogen) atoms. The van der Waals surface area contributed by atoms with Gasteiger partial charge in [0, 0.05) is 77.0 Å². The van der Waals surface area contributed by atoms with Crippen molar-refractivity contribution in [3.05, 3.63) is 124 Å². The molecule has 7 heterocycles. The molecule has 0 radical (unpaired) electrons. The molecule has 0 saturated heterocycles. The van der Waals surface area contributed by atoms with Crippen LogP contribution in [0.2, 0.25) is 0 Å². The van der Waals surface area contributed by atoms with Gasteiger partial charge in [-0.25, -0.2) is 0 Å². The van der Waals surface area contributed by atoms with E-state index in [0.29, 0.717) is 0 Å². The molecule has 3 nitrogen and oxygen atoms in total. The Morgan fingerprint density at radius 2 is 0.547 bits per heavy atom. The van der Waals surface area contributed by atoms with Crippen LogP contribution in [0, 0.1) is 0 Å². The normalized spacial score (nSPS) is 15.2. The second kappa shape index (κ2) is 13.8. The highest BCUT2D eigenvalue weighted by Crippen LogP contribution is 2.50. The van der Waals surface area contributed by atoms with Crippen molar-refractivity contribution in [3.63, 3.8) is 0 Å². The Labute approximate surface area is 447 Å². The van der Waals surface area contributed by atoms with Crippen LogP contribution in [-0.4, -0.2) is 27.1 Å². The average molecular weight is 982 g/mol. The predicted octanol–water partition coefficient (Wildman–Crippen LogP) is 14.3. The van der Waals surface area contributed by atoms with Crippen LogP contribution >= 0.6 is 0 Å². The van der Waals surface area contributed by atoms with Gasteiger partial charge >= 0.3 is 0 Å². The van der Waals surface area contributed by atoms with Crippen molar-refractivity contribution in [1.82, 2.24) is 13.7 Å². The first-order valence-corrected chi connectivity index (χ1v) is 28.3. The Morgan fingerprint density at radius 1 is 0.267 bits per heavy atom. The highest BCUT2D eigenvalue weighted by atomic mass is 15.1. The molecule has 5 heteroatoms. The Balaban J connectivity index is 1.34. The van der Waals surface area contributed by atoms with E-state index in [1.165, 1.54) is 154 Å². The molecule has 3 aromatic heterocycles. The maximum Gasteiger partial charge on any atom is 0.252 e. The van der Waals surface area contributed by atoms with Gasteiger partial charge in [-0.3, -0.25) is 0 Å². The number of benzene rings is 7. The van der Waals surface area contributed by atoms with E-state index in [4.69, 9.17) is 0 Å². The van der Waals surface area contributed by atoms with Crippen molar-refractivity contribution < 1.29 is 0 Å². The fourth-order valence-corrected chi connectivity index (χ4v) is 14.6. The van der Waals surface area contributed by atoms with Crippen LogP contribution in [0.3, 0.4) is 0 Å². The van der Waals surface area contributed by atoms with Crippen molar-refractivity contribution in [1.29, 1.82) is 0 Å². The van der Waals surface area contributed by atoms with Gasteiger partial charge in [0.1, 0.15) is 0 Å². The number of nitrogens with zero attached hydrogens (tertiary/aromatic N) is 3. The minimum Gasteiger partial charge on any atom is -0.311 e. The Kier molecular flexibility index (Phi) is 8.73. The molecule has 0 spiro atoms. The van der Waals surface area contributed by atoms with E-state index in [-0.39, 0.29) is 51.3 Å². The second-order valence-corrected chi connectivity index (χ2v) is 31.2. The summed E-state index contributed by atoms with van der Waals surface area (Å²) in [7, 11) is 0. The molecule has 4 aliphatic heterocycles. The molecule has 10 aromatic rings. The summed E-state index contributed by atoms with van der Waals surface area (Å²) in [5, 5.41) is 8.24. The first-order valence-electron chi connectivity index (χ1n) is 28.3. The first-order chi connectivity index (χ1) is 34.7. The quantitative estimate of drug-likeness (QED) is 0.135. The van der Waals surface area contributed by atoms with E-state index in [9.17, 15) is 0 Å². The lowest BCUT2D eigenvalue weighted by Gasteiger charge is -2.45. The van der Waals surface area contributed by atoms with Gasteiger partial charge in [-0.1, -0.05) is 194 Å². The molecule has 0 fully saturated rings. The summed E-state index contributed by atoms with van der Waals surface area (Å²) < 4.78 is 8.52. The third-order valence-corrected chi connectivity index (χ3v) is 18.7. The summed E-state index contributed by atoms with van der Waals surface area (Å²) in [5.41, 5.74) is 30.4. The van der Waals surface area contributed by atoms with Crippen LogP contribution in [0.25, 0.3) is 82.5 Å². The molecule has 0 bridgehead atoms. The number of aromatic nitrogens is 3. The summed E-state index contributed by atoms with van der Waals surface area (Å²) >= 11 is 0. The lowest BCUT2D eigenvalue weighted by molar-refractivity contribution is 0.584. The van der Waals surface area contributed by atoms with E-state index in [2.05, 4.69) is 244 Å². The molecule has 4 aliphatic rings. The fraction of sp³-hybridized carbons (Fsp3) is 0.400. The topological polar surface area (TPSA) is 14.8 Å². The largest absolute Gasteiger partial charge is 0.311 e. The Bertz CT molecular complexity index is 4050. The zero-order valence-electron chi connectivity index (χ0n) is 49.1. The van der Waals surface area contributed by atoms with Gasteiger partial charge in [-0.2, -0.15) is 0 Å². The van der Waals surface area contributed by atoms with Gasteiger partial charge in [0.25, 0.3) is 13.4 Å². The summed E-state index contributed by atoms with van der Waals surface area (Å²) in [5.74, 6) is 0. The zero-order chi connectivity index (χ0) is 53.5. The molecular formula is C70H77B2N3. The maximum atomic E-state index is 2.86. The summed E-state index contributed by atoms with van der Waals surface area (Å²) in [6.07, 6.45) is 0. The molecule has 378 valence electrons. The summed E-state index contributed by atoms with van der Waals surface area (Å²) in [6, 6.07) is 36.0. The van der Waals surface area contributed by atoms with Crippen molar-refractivity contribution in [2.24, 2.45) is 0 Å². The monoisotopic (exact) mass is 982 g/mol. The Morgan fingerprint density at radius 3 is 0.827 bits per heavy atom. The van der Waals surface area contributed by atoms with Gasteiger partial charge in [0.2, 0.25) is 0 Å². The van der Waals surface area contributed by atoms with E-state index in [0.717, 1.165) is 0 Å². The molecular weight excluding hydrogens is 904 g/mol. The molecule has 0 N–H and O–H groups in total. The Hall–Kier alpha value is -5.93. The molecule has 7 aromatic carbocycles. The lowest BCUT2D eigenvalue weighted by atomic mass is 9.29. The highest BCUT2D eigenvalue weighted by molar-refractivity contribution is 7.04. The van der Waals surface area contributed by atoms with E-state index < -0.39 is 0 Å². The number of hydrogen-bond acceptors (Lipinski definition) is 0. The molecule has 0 saturated carbocycles. The van der Waals surface area contributed by atoms with E-state index >= 15 is 0 Å². The predicted molar refractivity (Wildman–Crippen MR) is 330 cm³/mol. The van der Waals surface area contributed by atoms with Crippen molar-refractivity contribution >= 4 is 112 Å². The molecule has 0 unspecified atom stereocenters. The highest BCUT2D eigenvalue weighted by Gasteiger charge is 2.52. The standard InChI is InChI=1S/C70H77B2N3/c1-64(2,3)36-22-24-42-44-26-38(66(7,8)9)30-48-57(44)73(52(42)34-36)61-54(70(19,20)21)62-56-63-55(61)71(48)50-32-40(68(13,14)15)28-46-47-29-41(69(16,17)18)33-51(60(47)75(63)59(46)50)72(56)49-31-39(67(10,11)12)27-45-43-25-23-37(65(4,5)6)35-53(43)74(62)58(45)49/h22-35H,1-21H3. The molecule has 0 aliphatic carbocycles. The van der Waals surface area contributed by atoms with Gasteiger partial charge in [0.05, 0.1) is 11.0 Å². The van der Waals surface area contributed by atoms with Crippen molar-refractivity contribution in [2.45, 2.75) is 183 Å². The number of hydrogen-bond donors (Lipinski definition) is 0. The zero-order valence-corrected chi connectivity index (χ0v) is 49.1. The van der Waals surface area contributed by atoms with Gasteiger partial charge in [-0.05, 0) is 140 Å². The van der Waals surface area contributed by atoms with Gasteiger partial charge in [-0.15, -0.1) is 0 Å². The van der Waals surface area contributed by atoms with E-state index in [1.54, 1.807) is 0 Å². The third-order valence-electron chi connectivity index (χ3n) is 18.7. The van der Waals surface area contributed by atoms with Crippen LogP contribution in [0.5, 0.6) is 0 Å². The van der Waals surface area contributed by atoms with Crippen molar-refractivity contribution in [3.8, 4) is 17.1 Å². The number of fused-ring (bicyclic) bond motifs is 13. The van der Waals surface area contributed by atoms with Crippen LogP contribution < -0.4 is 32.8 Å². The molecule has 14 rings (SSSR count). The van der Waals surface area contributed by atoms with E-state index in [1.807, 2.05) is 0 Å². The first kappa shape index (κ1) is 47.5. The minimum absolute atomic E-state index is 0.00669. The molecule has 0 atom stereocenters. The average Bonchev–Trinajstić information content (AvgIpc) is 3.95. The van der Waals surface area contributed by atoms with Crippen molar-refractivity contribution in [2.75, 3.05) is 0 Å². The van der Waals surface area contributed by atoms with Crippen LogP contribution in [0.4, 0.5) is 0 Å².